The molecule has 0 radical (unpaired) electrons. The van der Waals surface area contributed by atoms with Crippen LogP contribution in [0.5, 0.6) is 0 Å². The Morgan fingerprint density at radius 3 is 1.07 bits per heavy atom. The zero-order valence-electron chi connectivity index (χ0n) is 26.9. The van der Waals surface area contributed by atoms with E-state index in [1.165, 1.54) is 0 Å². The van der Waals surface area contributed by atoms with Crippen LogP contribution in [0.15, 0.2) is 0 Å². The summed E-state index contributed by atoms with van der Waals surface area (Å²) in [7, 11) is 0. The van der Waals surface area contributed by atoms with Crippen molar-refractivity contribution in [2.24, 2.45) is 5.73 Å². The molecule has 1 amide bonds. The number of aliphatic carboxylic acids is 3. The maximum absolute atomic E-state index is 12.7. The van der Waals surface area contributed by atoms with Gasteiger partial charge in [-0.1, -0.05) is 0 Å². The number of rotatable bonds is 25. The summed E-state index contributed by atoms with van der Waals surface area (Å²) in [6, 6.07) is 0. The van der Waals surface area contributed by atoms with Gasteiger partial charge in [0, 0.05) is 65.4 Å². The summed E-state index contributed by atoms with van der Waals surface area (Å²) in [6.45, 7) is 7.16. The van der Waals surface area contributed by atoms with E-state index >= 15 is 0 Å². The highest BCUT2D eigenvalue weighted by atomic mass is 16.6. The van der Waals surface area contributed by atoms with Gasteiger partial charge in [-0.2, -0.15) is 0 Å². The average Bonchev–Trinajstić information content (AvgIpc) is 2.99. The first kappa shape index (κ1) is 41.5. The van der Waals surface area contributed by atoms with E-state index in [0.29, 0.717) is 132 Å². The van der Waals surface area contributed by atoms with E-state index in [0.717, 1.165) is 0 Å². The van der Waals surface area contributed by atoms with Gasteiger partial charge < -0.3 is 50.1 Å². The van der Waals surface area contributed by atoms with Crippen molar-refractivity contribution in [3.63, 3.8) is 0 Å². The van der Waals surface area contributed by atoms with E-state index in [1.807, 2.05) is 4.90 Å². The summed E-state index contributed by atoms with van der Waals surface area (Å²) in [4.78, 5) is 53.8. The first-order chi connectivity index (χ1) is 22.2. The average molecular weight is 667 g/mol. The number of hydrogen-bond acceptors (Lipinski definition) is 14. The number of nitrogens with zero attached hydrogens (tertiary/aromatic N) is 4. The molecule has 1 aliphatic rings. The number of nitrogens with two attached hydrogens (primary N) is 1. The molecule has 46 heavy (non-hydrogen) atoms. The predicted molar refractivity (Wildman–Crippen MR) is 165 cm³/mol. The molecule has 6 N–H and O–H groups in total. The van der Waals surface area contributed by atoms with Crippen molar-refractivity contribution in [3.05, 3.63) is 0 Å². The van der Waals surface area contributed by atoms with Crippen LogP contribution in [0, 0.1) is 0 Å². The Balaban J connectivity index is 2.35. The number of carboxylic acids is 3. The van der Waals surface area contributed by atoms with E-state index in [4.69, 9.17) is 29.4 Å². The number of nitrogens with one attached hydrogen (secondary N) is 1. The van der Waals surface area contributed by atoms with Crippen LogP contribution in [-0.2, 0) is 42.9 Å². The Hall–Kier alpha value is -2.52. The molecule has 1 rings (SSSR count). The largest absolute Gasteiger partial charge is 0.480 e. The third-order valence-electron chi connectivity index (χ3n) is 6.69. The monoisotopic (exact) mass is 666 g/mol. The van der Waals surface area contributed by atoms with Gasteiger partial charge in [-0.25, -0.2) is 0 Å². The fourth-order valence-electron chi connectivity index (χ4n) is 4.37. The number of carboxylic acid groups (broad SMARTS) is 3. The Morgan fingerprint density at radius 1 is 0.478 bits per heavy atom. The molecule has 1 aliphatic heterocycles. The molecular weight excluding hydrogens is 612 g/mol. The Kier molecular flexibility index (Phi) is 24.9. The van der Waals surface area contributed by atoms with Crippen molar-refractivity contribution < 1.29 is 58.2 Å². The third-order valence-corrected chi connectivity index (χ3v) is 6.69. The van der Waals surface area contributed by atoms with Crippen LogP contribution >= 0.6 is 0 Å². The molecule has 0 saturated carbocycles. The van der Waals surface area contributed by atoms with Crippen LogP contribution in [-0.4, -0.2) is 216 Å². The molecule has 268 valence electrons. The minimum atomic E-state index is -1.02. The topological polar surface area (TPSA) is 226 Å². The van der Waals surface area contributed by atoms with Crippen LogP contribution in [0.25, 0.3) is 0 Å². The first-order valence-electron chi connectivity index (χ1n) is 15.6. The standard InChI is InChI=1S/C28H54N6O12/c29-1-11-42-13-15-44-17-19-46-20-18-45-16-14-43-12-2-30-25(35)21-31-3-5-32(22-26(36)37)7-9-34(24-28(40)41)10-8-33(6-4-31)23-27(38)39/h1-24,29H2,(H,30,35)(H,36,37)(H,38,39)(H,40,41). The second-order valence-electron chi connectivity index (χ2n) is 10.5. The molecule has 0 bridgehead atoms. The van der Waals surface area contributed by atoms with Crippen molar-refractivity contribution in [1.82, 2.24) is 24.9 Å². The van der Waals surface area contributed by atoms with Crippen molar-refractivity contribution in [1.29, 1.82) is 0 Å². The Bertz CT molecular complexity index is 811. The van der Waals surface area contributed by atoms with Gasteiger partial charge in [-0.3, -0.25) is 38.8 Å². The second kappa shape index (κ2) is 27.6. The lowest BCUT2D eigenvalue weighted by Gasteiger charge is -2.32. The molecule has 1 saturated heterocycles. The van der Waals surface area contributed by atoms with Crippen LogP contribution < -0.4 is 11.1 Å². The first-order valence-corrected chi connectivity index (χ1v) is 15.6. The minimum Gasteiger partial charge on any atom is -0.480 e. The zero-order valence-corrected chi connectivity index (χ0v) is 26.9. The SMILES string of the molecule is NCCOCCOCCOCCOCCOCCNC(=O)CN1CCN(CC(=O)O)CCN(CC(=O)O)CCN(CC(=O)O)CC1. The van der Waals surface area contributed by atoms with Gasteiger partial charge in [0.25, 0.3) is 0 Å². The Labute approximate surface area is 270 Å². The molecule has 0 aliphatic carbocycles. The minimum absolute atomic E-state index is 0.0448. The van der Waals surface area contributed by atoms with Gasteiger partial charge in [-0.15, -0.1) is 0 Å². The smallest absolute Gasteiger partial charge is 0.317 e. The molecule has 0 atom stereocenters. The zero-order chi connectivity index (χ0) is 33.8. The number of amides is 1. The van der Waals surface area contributed by atoms with Crippen LogP contribution in [0.4, 0.5) is 0 Å². The van der Waals surface area contributed by atoms with E-state index in [1.54, 1.807) is 14.7 Å². The predicted octanol–water partition coefficient (Wildman–Crippen LogP) is -3.38. The summed E-state index contributed by atoms with van der Waals surface area (Å²) in [5.74, 6) is -3.26. The number of carbonyl (C=O) groups excluding carboxylic acids is 1. The van der Waals surface area contributed by atoms with Gasteiger partial charge in [0.15, 0.2) is 0 Å². The molecule has 0 aromatic heterocycles. The molecule has 0 aromatic carbocycles. The van der Waals surface area contributed by atoms with Gasteiger partial charge in [0.2, 0.25) is 5.91 Å². The van der Waals surface area contributed by atoms with Gasteiger partial charge in [0.05, 0.1) is 92.2 Å². The van der Waals surface area contributed by atoms with Gasteiger partial charge in [0.1, 0.15) is 0 Å². The number of carbonyl (C=O) groups is 4. The van der Waals surface area contributed by atoms with Crippen LogP contribution in [0.2, 0.25) is 0 Å². The van der Waals surface area contributed by atoms with E-state index in [9.17, 15) is 34.5 Å². The second-order valence-corrected chi connectivity index (χ2v) is 10.5. The maximum Gasteiger partial charge on any atom is 0.317 e. The summed E-state index contributed by atoms with van der Waals surface area (Å²) >= 11 is 0. The fourth-order valence-corrected chi connectivity index (χ4v) is 4.37. The molecule has 1 fully saturated rings. The normalized spacial score (nSPS) is 16.5. The molecule has 18 heteroatoms. The van der Waals surface area contributed by atoms with Gasteiger partial charge in [-0.05, 0) is 0 Å². The molecule has 1 heterocycles. The van der Waals surface area contributed by atoms with Gasteiger partial charge >= 0.3 is 17.9 Å². The summed E-state index contributed by atoms with van der Waals surface area (Å²) in [5.41, 5.74) is 5.33. The fraction of sp³-hybridized carbons (Fsp3) is 0.857. The number of ether oxygens (including phenoxy) is 5. The van der Waals surface area contributed by atoms with Crippen molar-refractivity contribution >= 4 is 23.8 Å². The highest BCUT2D eigenvalue weighted by Crippen LogP contribution is 2.01. The molecule has 0 aromatic rings. The van der Waals surface area contributed by atoms with Crippen LogP contribution in [0.3, 0.4) is 0 Å². The van der Waals surface area contributed by atoms with E-state index in [2.05, 4.69) is 5.32 Å². The van der Waals surface area contributed by atoms with Crippen molar-refractivity contribution in [2.45, 2.75) is 0 Å². The maximum atomic E-state index is 12.7. The lowest BCUT2D eigenvalue weighted by Crippen LogP contribution is -2.50. The lowest BCUT2D eigenvalue weighted by atomic mass is 10.3. The lowest BCUT2D eigenvalue weighted by molar-refractivity contribution is -0.140. The molecular formula is C28H54N6O12. The van der Waals surface area contributed by atoms with Crippen molar-refractivity contribution in [3.8, 4) is 0 Å². The summed E-state index contributed by atoms with van der Waals surface area (Å²) in [6.07, 6.45) is 0. The van der Waals surface area contributed by atoms with Crippen molar-refractivity contribution in [2.75, 3.05) is 158 Å². The van der Waals surface area contributed by atoms with Crippen LogP contribution in [0.1, 0.15) is 0 Å². The summed E-state index contributed by atoms with van der Waals surface area (Å²) in [5, 5.41) is 30.8. The highest BCUT2D eigenvalue weighted by Gasteiger charge is 2.21. The van der Waals surface area contributed by atoms with E-state index in [-0.39, 0.29) is 32.1 Å². The van der Waals surface area contributed by atoms with E-state index < -0.39 is 17.9 Å². The third kappa shape index (κ3) is 24.7. The molecule has 18 nitrogen and oxygen atoms in total. The molecule has 0 spiro atoms. The number of hydrogen-bond donors (Lipinski definition) is 5. The summed E-state index contributed by atoms with van der Waals surface area (Å²) < 4.78 is 26.9. The quantitative estimate of drug-likeness (QED) is 0.0599. The Morgan fingerprint density at radius 2 is 0.761 bits per heavy atom. The molecule has 0 unspecified atom stereocenters. The highest BCUT2D eigenvalue weighted by molar-refractivity contribution is 5.78.